The normalized spacial score (nSPS) is 12.5. The van der Waals surface area contributed by atoms with E-state index in [0.29, 0.717) is 18.2 Å². The number of carboxylic acid groups (broad SMARTS) is 3. The molecule has 10 heteroatoms. The Kier molecular flexibility index (Phi) is 10.6. The molecule has 7 nitrogen and oxygen atoms in total. The molecule has 0 radical (unpaired) electrons. The van der Waals surface area contributed by atoms with E-state index in [9.17, 15) is 27.6 Å². The van der Waals surface area contributed by atoms with Gasteiger partial charge < -0.3 is 20.6 Å². The maximum atomic E-state index is 13.8. The molecule has 2 rings (SSSR count). The van der Waals surface area contributed by atoms with Gasteiger partial charge in [0.05, 0.1) is 6.42 Å². The lowest BCUT2D eigenvalue weighted by Gasteiger charge is -2.23. The summed E-state index contributed by atoms with van der Waals surface area (Å²) < 4.78 is 40.1. The highest BCUT2D eigenvalue weighted by Crippen LogP contribution is 2.19. The predicted molar refractivity (Wildman–Crippen MR) is 108 cm³/mol. The molecule has 0 saturated heterocycles. The zero-order valence-electron chi connectivity index (χ0n) is 17.0. The van der Waals surface area contributed by atoms with Crippen LogP contribution in [0.3, 0.4) is 0 Å². The SMILES string of the molecule is C[C@@H](N[C@@H](CC(=O)O)Cc1cc(F)c(F)cc1F)c1ccccc1.O=C(O)C=CC(=O)O. The molecule has 172 valence electrons. The third kappa shape index (κ3) is 9.90. The summed E-state index contributed by atoms with van der Waals surface area (Å²) in [5.74, 6) is -6.89. The van der Waals surface area contributed by atoms with E-state index < -0.39 is 41.4 Å². The highest BCUT2D eigenvalue weighted by molar-refractivity contribution is 5.89. The molecule has 0 bridgehead atoms. The zero-order valence-corrected chi connectivity index (χ0v) is 17.0. The molecule has 4 N–H and O–H groups in total. The topological polar surface area (TPSA) is 124 Å². The first-order valence-corrected chi connectivity index (χ1v) is 9.29. The molecule has 0 aliphatic heterocycles. The minimum Gasteiger partial charge on any atom is -0.481 e. The van der Waals surface area contributed by atoms with Gasteiger partial charge in [0, 0.05) is 30.3 Å². The van der Waals surface area contributed by atoms with Gasteiger partial charge in [-0.25, -0.2) is 22.8 Å². The lowest BCUT2D eigenvalue weighted by Crippen LogP contribution is -2.35. The van der Waals surface area contributed by atoms with E-state index >= 15 is 0 Å². The largest absolute Gasteiger partial charge is 0.481 e. The van der Waals surface area contributed by atoms with E-state index in [-0.39, 0.29) is 24.4 Å². The van der Waals surface area contributed by atoms with Gasteiger partial charge in [-0.1, -0.05) is 30.3 Å². The molecule has 2 atom stereocenters. The van der Waals surface area contributed by atoms with Crippen molar-refractivity contribution in [3.63, 3.8) is 0 Å². The summed E-state index contributed by atoms with van der Waals surface area (Å²) >= 11 is 0. The van der Waals surface area contributed by atoms with E-state index in [1.165, 1.54) is 0 Å². The summed E-state index contributed by atoms with van der Waals surface area (Å²) in [7, 11) is 0. The Bertz CT molecular complexity index is 950. The first kappa shape index (κ1) is 26.4. The van der Waals surface area contributed by atoms with Crippen LogP contribution in [-0.4, -0.2) is 39.3 Å². The molecule has 0 fully saturated rings. The van der Waals surface area contributed by atoms with Gasteiger partial charge in [0.2, 0.25) is 0 Å². The van der Waals surface area contributed by atoms with Crippen LogP contribution in [0.25, 0.3) is 0 Å². The number of rotatable bonds is 9. The van der Waals surface area contributed by atoms with E-state index in [1.54, 1.807) is 0 Å². The predicted octanol–water partition coefficient (Wildman–Crippen LogP) is 3.55. The molecule has 2 aromatic carbocycles. The van der Waals surface area contributed by atoms with Gasteiger partial charge in [0.25, 0.3) is 0 Å². The van der Waals surface area contributed by atoms with Crippen molar-refractivity contribution >= 4 is 17.9 Å². The summed E-state index contributed by atoms with van der Waals surface area (Å²) in [6.07, 6.45) is 0.785. The van der Waals surface area contributed by atoms with Crippen LogP contribution in [0.15, 0.2) is 54.6 Å². The molecule has 0 amide bonds. The number of carbonyl (C=O) groups is 3. The summed E-state index contributed by atoms with van der Waals surface area (Å²) in [4.78, 5) is 30.2. The summed E-state index contributed by atoms with van der Waals surface area (Å²) in [6.45, 7) is 1.85. The van der Waals surface area contributed by atoms with Crippen molar-refractivity contribution in [1.82, 2.24) is 5.32 Å². The van der Waals surface area contributed by atoms with Crippen molar-refractivity contribution in [3.05, 3.63) is 83.2 Å². The number of hydrogen-bond donors (Lipinski definition) is 4. The van der Waals surface area contributed by atoms with E-state index in [4.69, 9.17) is 15.3 Å². The highest BCUT2D eigenvalue weighted by Gasteiger charge is 2.20. The summed E-state index contributed by atoms with van der Waals surface area (Å²) in [6, 6.07) is 9.78. The van der Waals surface area contributed by atoms with Crippen molar-refractivity contribution in [2.24, 2.45) is 0 Å². The Morgan fingerprint density at radius 3 is 1.94 bits per heavy atom. The zero-order chi connectivity index (χ0) is 24.3. The second-order valence-corrected chi connectivity index (χ2v) is 6.67. The van der Waals surface area contributed by atoms with Gasteiger partial charge in [0.1, 0.15) is 5.82 Å². The first-order valence-electron chi connectivity index (χ1n) is 9.29. The van der Waals surface area contributed by atoms with Crippen LogP contribution in [0.2, 0.25) is 0 Å². The molecule has 32 heavy (non-hydrogen) atoms. The van der Waals surface area contributed by atoms with Crippen LogP contribution in [0, 0.1) is 17.5 Å². The smallest absolute Gasteiger partial charge is 0.328 e. The molecule has 0 aliphatic rings. The van der Waals surface area contributed by atoms with Crippen molar-refractivity contribution < 1.29 is 42.9 Å². The van der Waals surface area contributed by atoms with Crippen LogP contribution in [0.5, 0.6) is 0 Å². The molecule has 0 aliphatic carbocycles. The van der Waals surface area contributed by atoms with Crippen molar-refractivity contribution in [2.45, 2.75) is 31.8 Å². The highest BCUT2D eigenvalue weighted by atomic mass is 19.2. The lowest BCUT2D eigenvalue weighted by atomic mass is 10.00. The van der Waals surface area contributed by atoms with E-state index in [0.717, 1.165) is 11.6 Å². The molecule has 0 heterocycles. The molecular formula is C22H22F3NO6. The van der Waals surface area contributed by atoms with Crippen molar-refractivity contribution in [2.75, 3.05) is 0 Å². The van der Waals surface area contributed by atoms with Gasteiger partial charge in [0.15, 0.2) is 11.6 Å². The van der Waals surface area contributed by atoms with Crippen molar-refractivity contribution in [1.29, 1.82) is 0 Å². The second kappa shape index (κ2) is 12.9. The van der Waals surface area contributed by atoms with E-state index in [2.05, 4.69) is 5.32 Å². The van der Waals surface area contributed by atoms with Gasteiger partial charge in [-0.05, 0) is 30.5 Å². The monoisotopic (exact) mass is 453 g/mol. The number of benzene rings is 2. The number of nitrogens with one attached hydrogen (secondary N) is 1. The van der Waals surface area contributed by atoms with Crippen LogP contribution in [0.4, 0.5) is 13.2 Å². The Morgan fingerprint density at radius 2 is 1.44 bits per heavy atom. The Labute approximate surface area is 181 Å². The molecule has 0 unspecified atom stereocenters. The first-order chi connectivity index (χ1) is 15.0. The fourth-order valence-electron chi connectivity index (χ4n) is 2.72. The van der Waals surface area contributed by atoms with Crippen LogP contribution < -0.4 is 5.32 Å². The fourth-order valence-corrected chi connectivity index (χ4v) is 2.72. The average molecular weight is 453 g/mol. The van der Waals surface area contributed by atoms with Gasteiger partial charge >= 0.3 is 17.9 Å². The Hall–Kier alpha value is -3.66. The molecule has 2 aromatic rings. The third-order valence-corrected chi connectivity index (χ3v) is 4.13. The number of aliphatic carboxylic acids is 3. The maximum Gasteiger partial charge on any atom is 0.328 e. The Morgan fingerprint density at radius 1 is 0.906 bits per heavy atom. The van der Waals surface area contributed by atoms with Crippen LogP contribution in [-0.2, 0) is 20.8 Å². The van der Waals surface area contributed by atoms with Gasteiger partial charge in [-0.15, -0.1) is 0 Å². The minimum absolute atomic E-state index is 0.0621. The quantitative estimate of drug-likeness (QED) is 0.338. The number of carboxylic acids is 3. The minimum atomic E-state index is -1.27. The standard InChI is InChI=1S/C18H18F3NO2.C4H4O4/c1-11(12-5-3-2-4-6-12)22-14(9-18(23)24)7-13-8-16(20)17(21)10-15(13)19;5-3(6)1-2-4(7)8/h2-6,8,10-11,14,22H,7,9H2,1H3,(H,23,24);1-2H,(H,5,6)(H,7,8)/t11-,14-;/m1./s1. The average Bonchev–Trinajstić information content (AvgIpc) is 2.71. The van der Waals surface area contributed by atoms with E-state index in [1.807, 2.05) is 37.3 Å². The molecule has 0 saturated carbocycles. The molecule has 0 aromatic heterocycles. The van der Waals surface area contributed by atoms with Gasteiger partial charge in [-0.2, -0.15) is 0 Å². The summed E-state index contributed by atoms with van der Waals surface area (Å²) in [5, 5.41) is 27.8. The van der Waals surface area contributed by atoms with Crippen LogP contribution >= 0.6 is 0 Å². The number of halogens is 3. The fraction of sp³-hybridized carbons (Fsp3) is 0.227. The number of hydrogen-bond acceptors (Lipinski definition) is 4. The third-order valence-electron chi connectivity index (χ3n) is 4.13. The second-order valence-electron chi connectivity index (χ2n) is 6.67. The maximum absolute atomic E-state index is 13.8. The molecular weight excluding hydrogens is 431 g/mol. The van der Waals surface area contributed by atoms with Gasteiger partial charge in [-0.3, -0.25) is 4.79 Å². The summed E-state index contributed by atoms with van der Waals surface area (Å²) in [5.41, 5.74) is 0.881. The van der Waals surface area contributed by atoms with Crippen molar-refractivity contribution in [3.8, 4) is 0 Å². The Balaban J connectivity index is 0.000000547. The van der Waals surface area contributed by atoms with Crippen LogP contribution in [0.1, 0.15) is 30.5 Å². The lowest BCUT2D eigenvalue weighted by molar-refractivity contribution is -0.137. The molecule has 0 spiro atoms.